The monoisotopic (exact) mass is 399 g/mol. The lowest BCUT2D eigenvalue weighted by atomic mass is 9.75. The lowest BCUT2D eigenvalue weighted by Crippen LogP contribution is -2.40. The number of carbonyl (C=O) groups excluding carboxylic acids is 1. The van der Waals surface area contributed by atoms with Crippen molar-refractivity contribution in [2.45, 2.75) is 25.7 Å². The van der Waals surface area contributed by atoms with Gasteiger partial charge in [0.2, 0.25) is 0 Å². The molecular formula is C24H27F2NO2. The third-order valence-electron chi connectivity index (χ3n) is 6.46. The fourth-order valence-electron chi connectivity index (χ4n) is 4.66. The highest BCUT2D eigenvalue weighted by Gasteiger charge is 2.43. The molecule has 4 rings (SSSR count). The number of hydrogen-bond donors (Lipinski definition) is 0. The first-order chi connectivity index (χ1) is 14.0. The first kappa shape index (κ1) is 20.0. The molecular weight excluding hydrogens is 372 g/mol. The molecule has 2 heterocycles. The molecule has 2 aliphatic rings. The molecule has 5 heteroatoms. The molecule has 2 fully saturated rings. The van der Waals surface area contributed by atoms with Crippen molar-refractivity contribution in [3.8, 4) is 0 Å². The van der Waals surface area contributed by atoms with Crippen molar-refractivity contribution in [3.63, 3.8) is 0 Å². The summed E-state index contributed by atoms with van der Waals surface area (Å²) in [6, 6.07) is 12.8. The molecule has 2 aromatic rings. The fourth-order valence-corrected chi connectivity index (χ4v) is 4.66. The highest BCUT2D eigenvalue weighted by molar-refractivity contribution is 5.75. The first-order valence-electron chi connectivity index (χ1n) is 10.4. The quantitative estimate of drug-likeness (QED) is 0.688. The average Bonchev–Trinajstić information content (AvgIpc) is 3.07. The zero-order valence-corrected chi connectivity index (χ0v) is 16.7. The number of nitrogens with zero attached hydrogens (tertiary/aromatic N) is 1. The lowest BCUT2D eigenvalue weighted by molar-refractivity contribution is -0.141. The Hall–Kier alpha value is -2.27. The maximum atomic E-state index is 13.5. The number of piperidine rings is 1. The molecule has 0 N–H and O–H groups in total. The highest BCUT2D eigenvalue weighted by atomic mass is 19.1. The second-order valence-corrected chi connectivity index (χ2v) is 8.46. The van der Waals surface area contributed by atoms with Crippen molar-refractivity contribution in [3.05, 3.63) is 71.3 Å². The summed E-state index contributed by atoms with van der Waals surface area (Å²) in [6.45, 7) is 5.26. The summed E-state index contributed by atoms with van der Waals surface area (Å²) in [5, 5.41) is 0. The maximum Gasteiger partial charge on any atom is 0.310 e. The molecule has 2 aliphatic heterocycles. The van der Waals surface area contributed by atoms with Crippen molar-refractivity contribution in [1.82, 2.24) is 4.90 Å². The third kappa shape index (κ3) is 4.50. The number of carbonyl (C=O) groups is 1. The summed E-state index contributed by atoms with van der Waals surface area (Å²) in [5.74, 6) is -0.516. The number of rotatable bonds is 5. The lowest BCUT2D eigenvalue weighted by Gasteiger charge is -2.34. The van der Waals surface area contributed by atoms with Crippen LogP contribution in [0.5, 0.6) is 0 Å². The van der Waals surface area contributed by atoms with Gasteiger partial charge < -0.3 is 9.64 Å². The standard InChI is InChI=1S/C24H27F2NO2/c1-16-10-12-27(13-11-16)14-21-22(15-29-24(21)28)23(17-2-6-19(25)7-3-17)18-4-8-20(26)9-5-18/h2-9,16,21-23H,10-15H2,1H3. The smallest absolute Gasteiger partial charge is 0.310 e. The van der Waals surface area contributed by atoms with E-state index >= 15 is 0 Å². The SMILES string of the molecule is CC1CCN(CC2C(=O)OCC2C(c2ccc(F)cc2)c2ccc(F)cc2)CC1. The number of ether oxygens (including phenoxy) is 1. The van der Waals surface area contributed by atoms with Crippen LogP contribution in [0.3, 0.4) is 0 Å². The maximum absolute atomic E-state index is 13.5. The molecule has 0 bridgehead atoms. The topological polar surface area (TPSA) is 29.5 Å². The number of cyclic esters (lactones) is 1. The van der Waals surface area contributed by atoms with Crippen molar-refractivity contribution < 1.29 is 18.3 Å². The van der Waals surface area contributed by atoms with E-state index in [9.17, 15) is 13.6 Å². The highest BCUT2D eigenvalue weighted by Crippen LogP contribution is 2.41. The van der Waals surface area contributed by atoms with Gasteiger partial charge in [-0.15, -0.1) is 0 Å². The largest absolute Gasteiger partial charge is 0.465 e. The van der Waals surface area contributed by atoms with Crippen LogP contribution in [-0.2, 0) is 9.53 Å². The molecule has 0 spiro atoms. The molecule has 0 radical (unpaired) electrons. The van der Waals surface area contributed by atoms with E-state index < -0.39 is 0 Å². The summed E-state index contributed by atoms with van der Waals surface area (Å²) in [4.78, 5) is 15.0. The van der Waals surface area contributed by atoms with Gasteiger partial charge in [0.15, 0.2) is 0 Å². The normalized spacial score (nSPS) is 23.5. The van der Waals surface area contributed by atoms with E-state index in [1.165, 1.54) is 24.3 Å². The summed E-state index contributed by atoms with van der Waals surface area (Å²) in [7, 11) is 0. The van der Waals surface area contributed by atoms with Crippen LogP contribution in [0.4, 0.5) is 8.78 Å². The number of halogens is 2. The van der Waals surface area contributed by atoms with Crippen molar-refractivity contribution in [2.75, 3.05) is 26.2 Å². The van der Waals surface area contributed by atoms with Crippen LogP contribution in [0.2, 0.25) is 0 Å². The van der Waals surface area contributed by atoms with E-state index in [-0.39, 0.29) is 35.4 Å². The Morgan fingerprint density at radius 3 is 2.00 bits per heavy atom. The Kier molecular flexibility index (Phi) is 5.95. The molecule has 154 valence electrons. The van der Waals surface area contributed by atoms with Crippen LogP contribution < -0.4 is 0 Å². The van der Waals surface area contributed by atoms with Gasteiger partial charge in [0.1, 0.15) is 11.6 Å². The van der Waals surface area contributed by atoms with Gasteiger partial charge in [-0.3, -0.25) is 4.79 Å². The van der Waals surface area contributed by atoms with Gasteiger partial charge in [0, 0.05) is 18.4 Å². The predicted octanol–water partition coefficient (Wildman–Crippen LogP) is 4.62. The van der Waals surface area contributed by atoms with Gasteiger partial charge in [-0.25, -0.2) is 8.78 Å². The van der Waals surface area contributed by atoms with Crippen LogP contribution in [0, 0.1) is 29.4 Å². The van der Waals surface area contributed by atoms with Crippen LogP contribution >= 0.6 is 0 Å². The number of benzene rings is 2. The van der Waals surface area contributed by atoms with Gasteiger partial charge in [0.25, 0.3) is 0 Å². The Morgan fingerprint density at radius 1 is 0.966 bits per heavy atom. The Bertz CT molecular complexity index is 783. The molecule has 0 amide bonds. The van der Waals surface area contributed by atoms with Crippen molar-refractivity contribution >= 4 is 5.97 Å². The van der Waals surface area contributed by atoms with Crippen molar-refractivity contribution in [1.29, 1.82) is 0 Å². The summed E-state index contributed by atoms with van der Waals surface area (Å²) in [5.41, 5.74) is 1.83. The van der Waals surface area contributed by atoms with E-state index in [2.05, 4.69) is 11.8 Å². The summed E-state index contributed by atoms with van der Waals surface area (Å²) < 4.78 is 32.6. The molecule has 2 aromatic carbocycles. The Balaban J connectivity index is 1.63. The van der Waals surface area contributed by atoms with Crippen LogP contribution in [0.1, 0.15) is 36.8 Å². The van der Waals surface area contributed by atoms with E-state index in [4.69, 9.17) is 4.74 Å². The van der Waals surface area contributed by atoms with Gasteiger partial charge in [-0.05, 0) is 67.2 Å². The van der Waals surface area contributed by atoms with Crippen molar-refractivity contribution in [2.24, 2.45) is 17.8 Å². The van der Waals surface area contributed by atoms with Crippen LogP contribution in [0.15, 0.2) is 48.5 Å². The van der Waals surface area contributed by atoms with Gasteiger partial charge >= 0.3 is 5.97 Å². The number of likely N-dealkylation sites (tertiary alicyclic amines) is 1. The zero-order chi connectivity index (χ0) is 20.4. The van der Waals surface area contributed by atoms with Gasteiger partial charge in [-0.2, -0.15) is 0 Å². The zero-order valence-electron chi connectivity index (χ0n) is 16.7. The van der Waals surface area contributed by atoms with E-state index in [1.54, 1.807) is 24.3 Å². The van der Waals surface area contributed by atoms with Crippen LogP contribution in [0.25, 0.3) is 0 Å². The molecule has 0 aliphatic carbocycles. The van der Waals surface area contributed by atoms with Crippen LogP contribution in [-0.4, -0.2) is 37.1 Å². The molecule has 0 aromatic heterocycles. The third-order valence-corrected chi connectivity index (χ3v) is 6.46. The molecule has 2 unspecified atom stereocenters. The molecule has 0 saturated carbocycles. The fraction of sp³-hybridized carbons (Fsp3) is 0.458. The number of hydrogen-bond acceptors (Lipinski definition) is 3. The summed E-state index contributed by atoms with van der Waals surface area (Å²) >= 11 is 0. The minimum Gasteiger partial charge on any atom is -0.465 e. The number of esters is 1. The second kappa shape index (κ2) is 8.62. The Morgan fingerprint density at radius 2 is 1.48 bits per heavy atom. The van der Waals surface area contributed by atoms with E-state index in [1.807, 2.05) is 0 Å². The average molecular weight is 399 g/mol. The first-order valence-corrected chi connectivity index (χ1v) is 10.4. The van der Waals surface area contributed by atoms with E-state index in [0.717, 1.165) is 43.0 Å². The van der Waals surface area contributed by atoms with Gasteiger partial charge in [0.05, 0.1) is 12.5 Å². The molecule has 3 nitrogen and oxygen atoms in total. The predicted molar refractivity (Wildman–Crippen MR) is 107 cm³/mol. The molecule has 2 saturated heterocycles. The Labute approximate surface area is 170 Å². The second-order valence-electron chi connectivity index (χ2n) is 8.46. The minimum atomic E-state index is -0.302. The summed E-state index contributed by atoms with van der Waals surface area (Å²) in [6.07, 6.45) is 2.29. The minimum absolute atomic E-state index is 0.0715. The van der Waals surface area contributed by atoms with E-state index in [0.29, 0.717) is 13.2 Å². The molecule has 2 atom stereocenters. The van der Waals surface area contributed by atoms with Gasteiger partial charge in [-0.1, -0.05) is 31.2 Å². The molecule has 29 heavy (non-hydrogen) atoms.